The first kappa shape index (κ1) is 10.7. The highest BCUT2D eigenvalue weighted by molar-refractivity contribution is 5.32. The van der Waals surface area contributed by atoms with Gasteiger partial charge in [0.05, 0.1) is 24.2 Å². The molecular formula is C12H13FN2O. The largest absolute Gasteiger partial charge is 0.488 e. The van der Waals surface area contributed by atoms with E-state index in [1.807, 2.05) is 13.8 Å². The van der Waals surface area contributed by atoms with E-state index in [-0.39, 0.29) is 11.9 Å². The van der Waals surface area contributed by atoms with E-state index in [2.05, 4.69) is 5.10 Å². The maximum Gasteiger partial charge on any atom is 0.158 e. The quantitative estimate of drug-likeness (QED) is 0.795. The highest BCUT2D eigenvalue weighted by Gasteiger charge is 2.03. The van der Waals surface area contributed by atoms with Gasteiger partial charge < -0.3 is 4.74 Å². The van der Waals surface area contributed by atoms with E-state index >= 15 is 0 Å². The highest BCUT2D eigenvalue weighted by Crippen LogP contribution is 2.15. The summed E-state index contributed by atoms with van der Waals surface area (Å²) in [6.07, 6.45) is 3.53. The fourth-order valence-electron chi connectivity index (χ4n) is 1.37. The van der Waals surface area contributed by atoms with Crippen LogP contribution in [0.5, 0.6) is 5.75 Å². The average molecular weight is 220 g/mol. The zero-order chi connectivity index (χ0) is 11.5. The van der Waals surface area contributed by atoms with Crippen molar-refractivity contribution in [3.8, 4) is 11.4 Å². The van der Waals surface area contributed by atoms with Gasteiger partial charge in [0.2, 0.25) is 0 Å². The van der Waals surface area contributed by atoms with Crippen molar-refractivity contribution in [1.29, 1.82) is 0 Å². The molecular weight excluding hydrogens is 207 g/mol. The molecule has 1 aromatic heterocycles. The summed E-state index contributed by atoms with van der Waals surface area (Å²) in [4.78, 5) is 0. The second-order valence-corrected chi connectivity index (χ2v) is 3.76. The van der Waals surface area contributed by atoms with Crippen LogP contribution in [-0.2, 0) is 0 Å². The van der Waals surface area contributed by atoms with Crippen molar-refractivity contribution in [2.24, 2.45) is 0 Å². The Morgan fingerprint density at radius 2 is 1.94 bits per heavy atom. The Labute approximate surface area is 93.5 Å². The van der Waals surface area contributed by atoms with Gasteiger partial charge >= 0.3 is 0 Å². The molecule has 0 aliphatic heterocycles. The van der Waals surface area contributed by atoms with Gasteiger partial charge in [0.25, 0.3) is 0 Å². The molecule has 0 N–H and O–H groups in total. The monoisotopic (exact) mass is 220 g/mol. The van der Waals surface area contributed by atoms with Gasteiger partial charge in [0.15, 0.2) is 5.75 Å². The number of halogens is 1. The predicted octanol–water partition coefficient (Wildman–Crippen LogP) is 2.80. The molecule has 0 saturated heterocycles. The van der Waals surface area contributed by atoms with Gasteiger partial charge in [0, 0.05) is 0 Å². The molecule has 0 saturated carbocycles. The number of hydrogen-bond acceptors (Lipinski definition) is 2. The van der Waals surface area contributed by atoms with Crippen molar-refractivity contribution in [1.82, 2.24) is 9.78 Å². The van der Waals surface area contributed by atoms with Crippen LogP contribution in [0.25, 0.3) is 5.69 Å². The van der Waals surface area contributed by atoms with E-state index in [1.165, 1.54) is 12.1 Å². The maximum absolute atomic E-state index is 12.7. The summed E-state index contributed by atoms with van der Waals surface area (Å²) in [5.41, 5.74) is 0.806. The third-order valence-electron chi connectivity index (χ3n) is 2.02. The lowest BCUT2D eigenvalue weighted by molar-refractivity contribution is 0.242. The number of benzene rings is 1. The van der Waals surface area contributed by atoms with Crippen LogP contribution in [0.4, 0.5) is 4.39 Å². The van der Waals surface area contributed by atoms with Gasteiger partial charge in [-0.25, -0.2) is 9.07 Å². The molecule has 0 radical (unpaired) electrons. The van der Waals surface area contributed by atoms with E-state index < -0.39 is 0 Å². The van der Waals surface area contributed by atoms with Crippen LogP contribution in [-0.4, -0.2) is 15.9 Å². The highest BCUT2D eigenvalue weighted by atomic mass is 19.1. The van der Waals surface area contributed by atoms with E-state index in [4.69, 9.17) is 4.74 Å². The Morgan fingerprint density at radius 3 is 2.56 bits per heavy atom. The Morgan fingerprint density at radius 1 is 1.25 bits per heavy atom. The standard InChI is InChI=1S/C12H13FN2O/c1-9(2)16-12-7-14-15(8-12)11-5-3-10(13)4-6-11/h3-9H,1-2H3. The molecule has 0 bridgehead atoms. The van der Waals surface area contributed by atoms with Crippen LogP contribution >= 0.6 is 0 Å². The summed E-state index contributed by atoms with van der Waals surface area (Å²) >= 11 is 0. The summed E-state index contributed by atoms with van der Waals surface area (Å²) in [5, 5.41) is 4.14. The molecule has 84 valence electrons. The Balaban J connectivity index is 2.21. The third kappa shape index (κ3) is 2.39. The van der Waals surface area contributed by atoms with Gasteiger partial charge in [-0.05, 0) is 38.1 Å². The summed E-state index contributed by atoms with van der Waals surface area (Å²) in [7, 11) is 0. The second kappa shape index (κ2) is 4.35. The second-order valence-electron chi connectivity index (χ2n) is 3.76. The van der Waals surface area contributed by atoms with Crippen molar-refractivity contribution in [3.05, 3.63) is 42.5 Å². The molecule has 1 heterocycles. The summed E-state index contributed by atoms with van der Waals surface area (Å²) < 4.78 is 19.9. The molecule has 0 spiro atoms. The van der Waals surface area contributed by atoms with Gasteiger partial charge in [-0.1, -0.05) is 0 Å². The lowest BCUT2D eigenvalue weighted by atomic mass is 10.3. The molecule has 0 amide bonds. The Bertz CT molecular complexity index is 462. The first-order chi connectivity index (χ1) is 7.65. The number of hydrogen-bond donors (Lipinski definition) is 0. The molecule has 0 atom stereocenters. The SMILES string of the molecule is CC(C)Oc1cnn(-c2ccc(F)cc2)c1. The van der Waals surface area contributed by atoms with Crippen LogP contribution in [0.3, 0.4) is 0 Å². The first-order valence-electron chi connectivity index (χ1n) is 5.12. The maximum atomic E-state index is 12.7. The molecule has 3 nitrogen and oxygen atoms in total. The minimum Gasteiger partial charge on any atom is -0.488 e. The minimum absolute atomic E-state index is 0.117. The predicted molar refractivity (Wildman–Crippen MR) is 59.3 cm³/mol. The number of nitrogens with zero attached hydrogens (tertiary/aromatic N) is 2. The fourth-order valence-corrected chi connectivity index (χ4v) is 1.37. The van der Waals surface area contributed by atoms with Crippen LogP contribution in [0.2, 0.25) is 0 Å². The third-order valence-corrected chi connectivity index (χ3v) is 2.02. The molecule has 4 heteroatoms. The minimum atomic E-state index is -0.255. The molecule has 2 aromatic rings. The van der Waals surface area contributed by atoms with Crippen LogP contribution in [0.1, 0.15) is 13.8 Å². The van der Waals surface area contributed by atoms with Gasteiger partial charge in [-0.15, -0.1) is 0 Å². The molecule has 0 aliphatic carbocycles. The zero-order valence-electron chi connectivity index (χ0n) is 9.22. The summed E-state index contributed by atoms with van der Waals surface area (Å²) in [5.74, 6) is 0.453. The lowest BCUT2D eigenvalue weighted by Gasteiger charge is -2.05. The van der Waals surface area contributed by atoms with Crippen molar-refractivity contribution in [3.63, 3.8) is 0 Å². The molecule has 0 unspecified atom stereocenters. The first-order valence-corrected chi connectivity index (χ1v) is 5.12. The van der Waals surface area contributed by atoms with E-state index in [1.54, 1.807) is 29.2 Å². The summed E-state index contributed by atoms with van der Waals surface area (Å²) in [6, 6.07) is 6.14. The Hall–Kier alpha value is -1.84. The molecule has 0 fully saturated rings. The molecule has 16 heavy (non-hydrogen) atoms. The van der Waals surface area contributed by atoms with Crippen molar-refractivity contribution < 1.29 is 9.13 Å². The van der Waals surface area contributed by atoms with Gasteiger partial charge in [-0.3, -0.25) is 0 Å². The van der Waals surface area contributed by atoms with Crippen molar-refractivity contribution >= 4 is 0 Å². The normalized spacial score (nSPS) is 10.8. The molecule has 1 aromatic carbocycles. The number of ether oxygens (including phenoxy) is 1. The lowest BCUT2D eigenvalue weighted by Crippen LogP contribution is -2.04. The van der Waals surface area contributed by atoms with Gasteiger partial charge in [-0.2, -0.15) is 5.10 Å². The smallest absolute Gasteiger partial charge is 0.158 e. The molecule has 2 rings (SSSR count). The van der Waals surface area contributed by atoms with Crippen molar-refractivity contribution in [2.75, 3.05) is 0 Å². The van der Waals surface area contributed by atoms with Crippen LogP contribution in [0.15, 0.2) is 36.7 Å². The summed E-state index contributed by atoms with van der Waals surface area (Å²) in [6.45, 7) is 3.91. The van der Waals surface area contributed by atoms with Crippen LogP contribution in [0, 0.1) is 5.82 Å². The average Bonchev–Trinajstić information content (AvgIpc) is 2.66. The van der Waals surface area contributed by atoms with Crippen LogP contribution < -0.4 is 4.74 Å². The molecule has 0 aliphatic rings. The fraction of sp³-hybridized carbons (Fsp3) is 0.250. The van der Waals surface area contributed by atoms with E-state index in [0.29, 0.717) is 5.75 Å². The Kier molecular flexibility index (Phi) is 2.90. The zero-order valence-corrected chi connectivity index (χ0v) is 9.22. The van der Waals surface area contributed by atoms with Crippen molar-refractivity contribution in [2.45, 2.75) is 20.0 Å². The van der Waals surface area contributed by atoms with E-state index in [9.17, 15) is 4.39 Å². The number of rotatable bonds is 3. The van der Waals surface area contributed by atoms with Gasteiger partial charge in [0.1, 0.15) is 5.82 Å². The number of aromatic nitrogens is 2. The topological polar surface area (TPSA) is 27.1 Å². The van der Waals surface area contributed by atoms with E-state index in [0.717, 1.165) is 5.69 Å².